The number of alkyl carbamates (subject to hydrolysis) is 1. The third-order valence-corrected chi connectivity index (χ3v) is 7.22. The Morgan fingerprint density at radius 2 is 1.83 bits per heavy atom. The Morgan fingerprint density at radius 1 is 1.10 bits per heavy atom. The van der Waals surface area contributed by atoms with Crippen molar-refractivity contribution in [2.75, 3.05) is 5.32 Å². The summed E-state index contributed by atoms with van der Waals surface area (Å²) < 4.78 is 8.99. The van der Waals surface area contributed by atoms with Gasteiger partial charge in [-0.05, 0) is 64.7 Å². The monoisotopic (exact) mass is 578 g/mol. The van der Waals surface area contributed by atoms with Crippen LogP contribution in [0.2, 0.25) is 5.02 Å². The number of hydrogen-bond acceptors (Lipinski definition) is 7. The molecule has 0 spiro atoms. The van der Waals surface area contributed by atoms with Crippen molar-refractivity contribution < 1.29 is 14.6 Å². The number of carbonyl (C=O) groups is 1. The molecular weight excluding hydrogens is 544 g/mol. The van der Waals surface area contributed by atoms with Gasteiger partial charge in [0, 0.05) is 48.7 Å². The Bertz CT molecular complexity index is 1600. The summed E-state index contributed by atoms with van der Waals surface area (Å²) >= 11 is 6.30. The lowest BCUT2D eigenvalue weighted by molar-refractivity contribution is 0.0492. The zero-order valence-corrected chi connectivity index (χ0v) is 24.3. The van der Waals surface area contributed by atoms with Crippen LogP contribution in [-0.2, 0) is 11.8 Å². The molecule has 0 bridgehead atoms. The van der Waals surface area contributed by atoms with Crippen molar-refractivity contribution in [3.63, 3.8) is 0 Å². The quantitative estimate of drug-likeness (QED) is 0.178. The maximum Gasteiger partial charge on any atom is 0.407 e. The number of aliphatic imine (C=N–C) groups is 1. The van der Waals surface area contributed by atoms with Crippen molar-refractivity contribution in [3.05, 3.63) is 59.6 Å². The van der Waals surface area contributed by atoms with E-state index in [1.54, 1.807) is 16.9 Å². The van der Waals surface area contributed by atoms with Crippen molar-refractivity contribution in [2.45, 2.75) is 64.1 Å². The molecule has 216 valence electrons. The number of amides is 1. The third-order valence-electron chi connectivity index (χ3n) is 6.92. The number of nitrogens with zero attached hydrogens (tertiary/aromatic N) is 5. The molecule has 0 unspecified atom stereocenters. The van der Waals surface area contributed by atoms with Crippen LogP contribution in [0.1, 0.15) is 52.0 Å². The van der Waals surface area contributed by atoms with E-state index in [2.05, 4.69) is 25.8 Å². The van der Waals surface area contributed by atoms with Crippen molar-refractivity contribution in [1.29, 1.82) is 0 Å². The lowest BCUT2D eigenvalue weighted by Crippen LogP contribution is -2.42. The predicted molar refractivity (Wildman–Crippen MR) is 160 cm³/mol. The fourth-order valence-corrected chi connectivity index (χ4v) is 5.18. The van der Waals surface area contributed by atoms with Gasteiger partial charge in [-0.1, -0.05) is 11.6 Å². The molecule has 1 fully saturated rings. The number of phenolic OH excluding ortho intramolecular Hbond substituents is 1. The second-order valence-electron chi connectivity index (χ2n) is 11.4. The minimum atomic E-state index is -0.538. The minimum absolute atomic E-state index is 0.0471. The van der Waals surface area contributed by atoms with Gasteiger partial charge in [0.05, 0.1) is 39.9 Å². The average molecular weight is 579 g/mol. The molecule has 4 aromatic rings. The number of nitrogens with two attached hydrogens (primary N) is 1. The van der Waals surface area contributed by atoms with Crippen molar-refractivity contribution in [1.82, 2.24) is 24.7 Å². The first kappa shape index (κ1) is 28.3. The van der Waals surface area contributed by atoms with E-state index in [1.807, 2.05) is 57.0 Å². The summed E-state index contributed by atoms with van der Waals surface area (Å²) in [7, 11) is 1.88. The van der Waals surface area contributed by atoms with Gasteiger partial charge < -0.3 is 26.2 Å². The van der Waals surface area contributed by atoms with Crippen LogP contribution in [0.15, 0.2) is 54.0 Å². The highest BCUT2D eigenvalue weighted by atomic mass is 35.5. The van der Waals surface area contributed by atoms with E-state index >= 15 is 0 Å². The van der Waals surface area contributed by atoms with E-state index in [4.69, 9.17) is 22.1 Å². The van der Waals surface area contributed by atoms with Crippen LogP contribution in [-0.4, -0.2) is 54.1 Å². The van der Waals surface area contributed by atoms with Crippen molar-refractivity contribution in [3.8, 4) is 16.9 Å². The molecule has 3 aromatic heterocycles. The highest BCUT2D eigenvalue weighted by Crippen LogP contribution is 2.33. The second-order valence-corrected chi connectivity index (χ2v) is 11.8. The molecule has 3 heterocycles. The van der Waals surface area contributed by atoms with Crippen molar-refractivity contribution >= 4 is 40.4 Å². The molecule has 12 heteroatoms. The number of halogens is 1. The van der Waals surface area contributed by atoms with Crippen LogP contribution in [0.4, 0.5) is 16.2 Å². The fraction of sp³-hybridized carbons (Fsp3) is 0.379. The molecule has 1 amide bonds. The lowest BCUT2D eigenvalue weighted by Gasteiger charge is -2.31. The summed E-state index contributed by atoms with van der Waals surface area (Å²) in [6.07, 6.45) is 10.3. The smallest absolute Gasteiger partial charge is 0.407 e. The fourth-order valence-electron chi connectivity index (χ4n) is 4.97. The molecule has 0 saturated heterocycles. The number of carbonyl (C=O) groups excluding carboxylic acids is 1. The van der Waals surface area contributed by atoms with E-state index in [0.29, 0.717) is 11.3 Å². The van der Waals surface area contributed by atoms with E-state index in [0.717, 1.165) is 48.0 Å². The Labute approximate surface area is 243 Å². The molecule has 1 aliphatic rings. The molecule has 1 aromatic carbocycles. The summed E-state index contributed by atoms with van der Waals surface area (Å²) in [6, 6.07) is 6.78. The summed E-state index contributed by atoms with van der Waals surface area (Å²) in [4.78, 5) is 16.8. The maximum atomic E-state index is 12.3. The molecule has 1 aliphatic carbocycles. The largest absolute Gasteiger partial charge is 0.508 e. The number of fused-ring (bicyclic) bond motifs is 1. The summed E-state index contributed by atoms with van der Waals surface area (Å²) in [5.74, 6) is 0.283. The number of benzene rings is 1. The van der Waals surface area contributed by atoms with E-state index in [-0.39, 0.29) is 34.8 Å². The summed E-state index contributed by atoms with van der Waals surface area (Å²) in [5.41, 5.74) is 10.6. The Balaban J connectivity index is 1.43. The summed E-state index contributed by atoms with van der Waals surface area (Å²) in [5, 5.41) is 25.6. The number of aromatic nitrogens is 4. The second kappa shape index (κ2) is 11.3. The van der Waals surface area contributed by atoms with Gasteiger partial charge in [-0.2, -0.15) is 10.2 Å². The minimum Gasteiger partial charge on any atom is -0.508 e. The number of aromatic hydroxyl groups is 1. The van der Waals surface area contributed by atoms with Gasteiger partial charge in [-0.25, -0.2) is 14.3 Å². The normalized spacial score (nSPS) is 17.9. The molecule has 0 atom stereocenters. The standard InChI is InChI=1S/C29H35ClN8O3/c1-29(2,3)41-28(40)35-20-7-5-19(6-8-20)34-26-22(27(31)36-24-10-9-21(39)12-23(24)30)14-33-38-16-17(11-25(26)38)18-13-32-37(4)15-18/h9-16,19-20,34,39H,5-8H2,1-4H3,(H2,31,36)(H,35,40). The first-order valence-corrected chi connectivity index (χ1v) is 13.9. The number of phenols is 1. The highest BCUT2D eigenvalue weighted by molar-refractivity contribution is 6.33. The molecule has 1 saturated carbocycles. The van der Waals surface area contributed by atoms with Crippen LogP contribution >= 0.6 is 11.6 Å². The number of ether oxygens (including phenoxy) is 1. The molecule has 5 N–H and O–H groups in total. The molecule has 0 radical (unpaired) electrons. The highest BCUT2D eigenvalue weighted by Gasteiger charge is 2.26. The zero-order valence-electron chi connectivity index (χ0n) is 23.6. The number of nitrogens with one attached hydrogen (secondary N) is 2. The van der Waals surface area contributed by atoms with Crippen LogP contribution in [0.5, 0.6) is 5.75 Å². The Morgan fingerprint density at radius 3 is 2.49 bits per heavy atom. The number of aryl methyl sites for hydroxylation is 1. The van der Waals surface area contributed by atoms with Gasteiger partial charge >= 0.3 is 6.09 Å². The van der Waals surface area contributed by atoms with Gasteiger partial charge in [-0.3, -0.25) is 4.68 Å². The molecular formula is C29H35ClN8O3. The van der Waals surface area contributed by atoms with E-state index < -0.39 is 5.60 Å². The van der Waals surface area contributed by atoms with Gasteiger partial charge in [0.15, 0.2) is 0 Å². The number of hydrogen-bond donors (Lipinski definition) is 4. The van der Waals surface area contributed by atoms with E-state index in [1.165, 1.54) is 12.1 Å². The first-order valence-electron chi connectivity index (χ1n) is 13.5. The van der Waals surface area contributed by atoms with Gasteiger partial charge in [0.25, 0.3) is 0 Å². The van der Waals surface area contributed by atoms with E-state index in [9.17, 15) is 9.90 Å². The maximum absolute atomic E-state index is 12.3. The van der Waals surface area contributed by atoms with Crippen LogP contribution in [0.25, 0.3) is 16.6 Å². The predicted octanol–water partition coefficient (Wildman–Crippen LogP) is 5.38. The number of rotatable bonds is 6. The molecule has 0 aliphatic heterocycles. The lowest BCUT2D eigenvalue weighted by atomic mass is 9.91. The molecule has 11 nitrogen and oxygen atoms in total. The van der Waals surface area contributed by atoms with Gasteiger partial charge in [0.1, 0.15) is 17.2 Å². The van der Waals surface area contributed by atoms with Gasteiger partial charge in [0.2, 0.25) is 0 Å². The zero-order chi connectivity index (χ0) is 29.3. The molecule has 5 rings (SSSR count). The SMILES string of the molecule is Cn1cc(-c2cc3c(NC4CCC(NC(=O)OC(C)(C)C)CC4)c(C(N)=Nc4ccc(O)cc4Cl)cnn3c2)cn1. The first-order chi connectivity index (χ1) is 19.4. The van der Waals surface area contributed by atoms with Crippen LogP contribution in [0, 0.1) is 0 Å². The van der Waals surface area contributed by atoms with Gasteiger partial charge in [-0.15, -0.1) is 0 Å². The van der Waals surface area contributed by atoms with Crippen LogP contribution < -0.4 is 16.4 Å². The van der Waals surface area contributed by atoms with Crippen molar-refractivity contribution in [2.24, 2.45) is 17.8 Å². The summed E-state index contributed by atoms with van der Waals surface area (Å²) in [6.45, 7) is 5.56. The molecule has 41 heavy (non-hydrogen) atoms. The number of amidine groups is 1. The number of anilines is 1. The Hall–Kier alpha value is -4.25. The van der Waals surface area contributed by atoms with Crippen LogP contribution in [0.3, 0.4) is 0 Å². The topological polar surface area (TPSA) is 144 Å². The average Bonchev–Trinajstić information content (AvgIpc) is 3.52. The Kier molecular flexibility index (Phi) is 7.81. The third kappa shape index (κ3) is 6.74.